The monoisotopic (exact) mass is 241 g/mol. The van der Waals surface area contributed by atoms with Gasteiger partial charge in [0.05, 0.1) is 5.52 Å². The minimum atomic E-state index is 0.688. The molecule has 0 unspecified atom stereocenters. The van der Waals surface area contributed by atoms with Crippen molar-refractivity contribution in [2.75, 3.05) is 0 Å². The first-order valence-corrected chi connectivity index (χ1v) is 6.53. The van der Waals surface area contributed by atoms with Gasteiger partial charge in [-0.15, -0.1) is 0 Å². The summed E-state index contributed by atoms with van der Waals surface area (Å²) in [5, 5.41) is 1.14. The van der Waals surface area contributed by atoms with E-state index in [9.17, 15) is 4.79 Å². The van der Waals surface area contributed by atoms with Gasteiger partial charge >= 0.3 is 0 Å². The van der Waals surface area contributed by atoms with Gasteiger partial charge in [0.1, 0.15) is 0 Å². The van der Waals surface area contributed by atoms with Crippen LogP contribution < -0.4 is 0 Å². The third kappa shape index (κ3) is 2.15. The minimum absolute atomic E-state index is 0.688. The second-order valence-corrected chi connectivity index (χ2v) is 4.77. The molecule has 0 N–H and O–H groups in total. The number of fused-ring (bicyclic) bond motifs is 1. The molecule has 2 rings (SSSR count). The van der Waals surface area contributed by atoms with Gasteiger partial charge in [0.25, 0.3) is 0 Å². The van der Waals surface area contributed by atoms with E-state index in [2.05, 4.69) is 24.9 Å². The van der Waals surface area contributed by atoms with E-state index in [0.717, 1.165) is 29.3 Å². The molecular weight excluding hydrogens is 222 g/mol. The Labute approximate surface area is 108 Å². The Balaban J connectivity index is 2.73. The fraction of sp³-hybridized carbons (Fsp3) is 0.375. The third-order valence-electron chi connectivity index (χ3n) is 3.57. The van der Waals surface area contributed by atoms with Gasteiger partial charge < -0.3 is 0 Å². The molecule has 2 aromatic rings. The second-order valence-electron chi connectivity index (χ2n) is 4.77. The maximum atomic E-state index is 11.1. The zero-order valence-corrected chi connectivity index (χ0v) is 11.3. The van der Waals surface area contributed by atoms with Crippen molar-refractivity contribution < 1.29 is 4.79 Å². The standard InChI is InChI=1S/C16H19NO/c1-4-5-8-14-11(2)12(3)17-16-13(10-18)7-6-9-15(14)16/h6-7,9-10H,4-5,8H2,1-3H3. The van der Waals surface area contributed by atoms with Crippen LogP contribution >= 0.6 is 0 Å². The largest absolute Gasteiger partial charge is 0.298 e. The Hall–Kier alpha value is -1.70. The van der Waals surface area contributed by atoms with Crippen molar-refractivity contribution in [3.8, 4) is 0 Å². The SMILES string of the molecule is CCCCc1c(C)c(C)nc2c(C=O)cccc12. The van der Waals surface area contributed by atoms with Crippen molar-refractivity contribution in [2.45, 2.75) is 40.0 Å². The minimum Gasteiger partial charge on any atom is -0.298 e. The van der Waals surface area contributed by atoms with E-state index in [1.165, 1.54) is 24.0 Å². The topological polar surface area (TPSA) is 30.0 Å². The van der Waals surface area contributed by atoms with Gasteiger partial charge in [-0.3, -0.25) is 9.78 Å². The molecule has 0 saturated carbocycles. The van der Waals surface area contributed by atoms with Crippen molar-refractivity contribution in [1.29, 1.82) is 0 Å². The van der Waals surface area contributed by atoms with Gasteiger partial charge in [-0.1, -0.05) is 25.5 Å². The van der Waals surface area contributed by atoms with Crippen LogP contribution in [0.1, 0.15) is 46.9 Å². The molecule has 18 heavy (non-hydrogen) atoms. The number of aromatic nitrogens is 1. The molecule has 0 fully saturated rings. The normalized spacial score (nSPS) is 10.8. The van der Waals surface area contributed by atoms with Crippen LogP contribution in [0.3, 0.4) is 0 Å². The Kier molecular flexibility index (Phi) is 3.75. The Morgan fingerprint density at radius 1 is 1.28 bits per heavy atom. The highest BCUT2D eigenvalue weighted by atomic mass is 16.1. The highest BCUT2D eigenvalue weighted by Gasteiger charge is 2.11. The summed E-state index contributed by atoms with van der Waals surface area (Å²) in [5.74, 6) is 0. The average molecular weight is 241 g/mol. The van der Waals surface area contributed by atoms with Crippen molar-refractivity contribution >= 4 is 17.2 Å². The van der Waals surface area contributed by atoms with Crippen LogP contribution in [-0.2, 0) is 6.42 Å². The summed E-state index contributed by atoms with van der Waals surface area (Å²) in [4.78, 5) is 15.7. The first kappa shape index (κ1) is 12.7. The summed E-state index contributed by atoms with van der Waals surface area (Å²) in [6.07, 6.45) is 4.30. The van der Waals surface area contributed by atoms with Crippen LogP contribution in [-0.4, -0.2) is 11.3 Å². The molecule has 0 aliphatic heterocycles. The number of nitrogens with zero attached hydrogens (tertiary/aromatic N) is 1. The lowest BCUT2D eigenvalue weighted by Gasteiger charge is -2.13. The lowest BCUT2D eigenvalue weighted by molar-refractivity contribution is 0.112. The van der Waals surface area contributed by atoms with E-state index >= 15 is 0 Å². The molecule has 1 aromatic carbocycles. The van der Waals surface area contributed by atoms with Gasteiger partial charge in [0, 0.05) is 16.6 Å². The lowest BCUT2D eigenvalue weighted by Crippen LogP contribution is -2.00. The van der Waals surface area contributed by atoms with Gasteiger partial charge in [-0.25, -0.2) is 0 Å². The molecule has 0 amide bonds. The summed E-state index contributed by atoms with van der Waals surface area (Å²) >= 11 is 0. The van der Waals surface area contributed by atoms with Crippen molar-refractivity contribution in [3.63, 3.8) is 0 Å². The molecule has 0 bridgehead atoms. The van der Waals surface area contributed by atoms with E-state index in [1.807, 2.05) is 19.1 Å². The van der Waals surface area contributed by atoms with E-state index in [0.29, 0.717) is 5.56 Å². The summed E-state index contributed by atoms with van der Waals surface area (Å²) in [5.41, 5.74) is 5.18. The second kappa shape index (κ2) is 5.30. The number of carbonyl (C=O) groups is 1. The van der Waals surface area contributed by atoms with E-state index in [4.69, 9.17) is 0 Å². The van der Waals surface area contributed by atoms with Crippen LogP contribution in [0.5, 0.6) is 0 Å². The molecule has 2 nitrogen and oxygen atoms in total. The number of hydrogen-bond donors (Lipinski definition) is 0. The highest BCUT2D eigenvalue weighted by molar-refractivity contribution is 5.97. The van der Waals surface area contributed by atoms with Crippen molar-refractivity contribution in [3.05, 3.63) is 40.6 Å². The first-order chi connectivity index (χ1) is 8.69. The molecular formula is C16H19NO. The Morgan fingerprint density at radius 3 is 2.72 bits per heavy atom. The van der Waals surface area contributed by atoms with Gasteiger partial charge in [-0.2, -0.15) is 0 Å². The van der Waals surface area contributed by atoms with Crippen LogP contribution in [0.25, 0.3) is 10.9 Å². The van der Waals surface area contributed by atoms with Crippen molar-refractivity contribution in [2.24, 2.45) is 0 Å². The smallest absolute Gasteiger partial charge is 0.152 e. The van der Waals surface area contributed by atoms with E-state index in [-0.39, 0.29) is 0 Å². The quantitative estimate of drug-likeness (QED) is 0.757. The van der Waals surface area contributed by atoms with Gasteiger partial charge in [0.15, 0.2) is 6.29 Å². The summed E-state index contributed by atoms with van der Waals surface area (Å²) in [6, 6.07) is 5.85. The average Bonchev–Trinajstić information content (AvgIpc) is 2.39. The molecule has 2 heteroatoms. The Bertz CT molecular complexity index is 587. The maximum absolute atomic E-state index is 11.1. The number of aryl methyl sites for hydroxylation is 2. The molecule has 1 heterocycles. The molecule has 94 valence electrons. The third-order valence-corrected chi connectivity index (χ3v) is 3.57. The number of unbranched alkanes of at least 4 members (excludes halogenated alkanes) is 1. The predicted octanol–water partition coefficient (Wildman–Crippen LogP) is 4.01. The van der Waals surface area contributed by atoms with Crippen molar-refractivity contribution in [1.82, 2.24) is 4.98 Å². The first-order valence-electron chi connectivity index (χ1n) is 6.53. The van der Waals surface area contributed by atoms with Crippen LogP contribution in [0.4, 0.5) is 0 Å². The van der Waals surface area contributed by atoms with E-state index < -0.39 is 0 Å². The van der Waals surface area contributed by atoms with Crippen LogP contribution in [0.15, 0.2) is 18.2 Å². The van der Waals surface area contributed by atoms with Crippen LogP contribution in [0.2, 0.25) is 0 Å². The van der Waals surface area contributed by atoms with Gasteiger partial charge in [-0.05, 0) is 43.9 Å². The summed E-state index contributed by atoms with van der Waals surface area (Å²) in [6.45, 7) is 6.34. The lowest BCUT2D eigenvalue weighted by atomic mass is 9.96. The van der Waals surface area contributed by atoms with Crippen LogP contribution in [0, 0.1) is 13.8 Å². The molecule has 0 atom stereocenters. The van der Waals surface area contributed by atoms with Gasteiger partial charge in [0.2, 0.25) is 0 Å². The zero-order chi connectivity index (χ0) is 13.1. The molecule has 0 radical (unpaired) electrons. The molecule has 0 saturated heterocycles. The number of benzene rings is 1. The maximum Gasteiger partial charge on any atom is 0.152 e. The number of hydrogen-bond acceptors (Lipinski definition) is 2. The number of carbonyl (C=O) groups excluding carboxylic acids is 1. The fourth-order valence-electron chi connectivity index (χ4n) is 2.37. The number of para-hydroxylation sites is 1. The fourth-order valence-corrected chi connectivity index (χ4v) is 2.37. The highest BCUT2D eigenvalue weighted by Crippen LogP contribution is 2.26. The molecule has 1 aromatic heterocycles. The summed E-state index contributed by atoms with van der Waals surface area (Å²) < 4.78 is 0. The number of aldehydes is 1. The van der Waals surface area contributed by atoms with E-state index in [1.54, 1.807) is 0 Å². The molecule has 0 aliphatic rings. The molecule has 0 spiro atoms. The Morgan fingerprint density at radius 2 is 2.06 bits per heavy atom. The zero-order valence-electron chi connectivity index (χ0n) is 11.3. The number of pyridine rings is 1. The number of rotatable bonds is 4. The predicted molar refractivity (Wildman–Crippen MR) is 75.2 cm³/mol. The molecule has 0 aliphatic carbocycles. The summed E-state index contributed by atoms with van der Waals surface area (Å²) in [7, 11) is 0.